The topological polar surface area (TPSA) is 76.5 Å². The molecule has 0 unspecified atom stereocenters. The number of amides is 2. The second kappa shape index (κ2) is 7.50. The SMILES string of the molecule is O=C(CN1C(=O)COc2ccc(Cl)cc21)Nc1c2c(nn1-c1ccccc1)CCC2. The number of halogens is 1. The molecule has 1 aliphatic carbocycles. The average Bonchev–Trinajstić information content (AvgIpc) is 3.34. The van der Waals surface area contributed by atoms with Crippen molar-refractivity contribution in [1.29, 1.82) is 0 Å². The first kappa shape index (κ1) is 18.7. The maximum absolute atomic E-state index is 13.0. The van der Waals surface area contributed by atoms with Crippen LogP contribution in [0.15, 0.2) is 48.5 Å². The number of para-hydroxylation sites is 1. The molecule has 2 aliphatic rings. The van der Waals surface area contributed by atoms with Gasteiger partial charge >= 0.3 is 0 Å². The highest BCUT2D eigenvalue weighted by Crippen LogP contribution is 2.35. The van der Waals surface area contributed by atoms with Crippen LogP contribution < -0.4 is 15.0 Å². The van der Waals surface area contributed by atoms with Gasteiger partial charge < -0.3 is 10.1 Å². The van der Waals surface area contributed by atoms with Crippen molar-refractivity contribution >= 4 is 34.9 Å². The fourth-order valence-corrected chi connectivity index (χ4v) is 4.11. The zero-order valence-corrected chi connectivity index (χ0v) is 16.9. The van der Waals surface area contributed by atoms with Gasteiger partial charge in [-0.1, -0.05) is 29.8 Å². The van der Waals surface area contributed by atoms with Gasteiger partial charge in [0.1, 0.15) is 18.1 Å². The van der Waals surface area contributed by atoms with E-state index >= 15 is 0 Å². The Bertz CT molecular complexity index is 1140. The van der Waals surface area contributed by atoms with Crippen molar-refractivity contribution in [2.45, 2.75) is 19.3 Å². The van der Waals surface area contributed by atoms with E-state index in [9.17, 15) is 9.59 Å². The summed E-state index contributed by atoms with van der Waals surface area (Å²) < 4.78 is 7.22. The number of fused-ring (bicyclic) bond motifs is 2. The number of hydrogen-bond donors (Lipinski definition) is 1. The molecule has 30 heavy (non-hydrogen) atoms. The third-order valence-corrected chi connectivity index (χ3v) is 5.57. The molecule has 8 heteroatoms. The van der Waals surface area contributed by atoms with Gasteiger partial charge in [0.15, 0.2) is 6.61 Å². The number of aryl methyl sites for hydroxylation is 1. The fraction of sp³-hybridized carbons (Fsp3) is 0.227. The lowest BCUT2D eigenvalue weighted by atomic mass is 10.2. The monoisotopic (exact) mass is 422 g/mol. The van der Waals surface area contributed by atoms with Crippen LogP contribution in [0.1, 0.15) is 17.7 Å². The van der Waals surface area contributed by atoms with E-state index in [4.69, 9.17) is 21.4 Å². The number of benzene rings is 2. The van der Waals surface area contributed by atoms with Gasteiger partial charge in [-0.15, -0.1) is 0 Å². The summed E-state index contributed by atoms with van der Waals surface area (Å²) in [6, 6.07) is 14.7. The summed E-state index contributed by atoms with van der Waals surface area (Å²) in [6.45, 7) is -0.246. The second-order valence-electron chi connectivity index (χ2n) is 7.30. The summed E-state index contributed by atoms with van der Waals surface area (Å²) >= 11 is 6.09. The lowest BCUT2D eigenvalue weighted by molar-refractivity contribution is -0.123. The van der Waals surface area contributed by atoms with Crippen LogP contribution in [0.5, 0.6) is 5.75 Å². The quantitative estimate of drug-likeness (QED) is 0.699. The van der Waals surface area contributed by atoms with E-state index in [2.05, 4.69) is 5.32 Å². The molecule has 0 bridgehead atoms. The number of carbonyl (C=O) groups excluding carboxylic acids is 2. The highest BCUT2D eigenvalue weighted by molar-refractivity contribution is 6.31. The molecule has 0 fully saturated rings. The summed E-state index contributed by atoms with van der Waals surface area (Å²) in [6.07, 6.45) is 2.78. The Morgan fingerprint density at radius 1 is 1.17 bits per heavy atom. The maximum Gasteiger partial charge on any atom is 0.265 e. The second-order valence-corrected chi connectivity index (χ2v) is 7.74. The molecule has 3 aromatic rings. The fourth-order valence-electron chi connectivity index (χ4n) is 3.94. The van der Waals surface area contributed by atoms with E-state index in [1.165, 1.54) is 4.90 Å². The molecule has 0 atom stereocenters. The van der Waals surface area contributed by atoms with Gasteiger partial charge in [0.25, 0.3) is 5.91 Å². The Labute approximate surface area is 178 Å². The molecule has 152 valence electrons. The van der Waals surface area contributed by atoms with E-state index in [-0.39, 0.29) is 25.0 Å². The molecular weight excluding hydrogens is 404 g/mol. The average molecular weight is 423 g/mol. The van der Waals surface area contributed by atoms with Crippen molar-refractivity contribution < 1.29 is 14.3 Å². The molecule has 1 N–H and O–H groups in total. The predicted octanol–water partition coefficient (Wildman–Crippen LogP) is 3.38. The third kappa shape index (κ3) is 3.31. The van der Waals surface area contributed by atoms with Gasteiger partial charge in [-0.25, -0.2) is 4.68 Å². The number of anilines is 2. The summed E-state index contributed by atoms with van der Waals surface area (Å²) in [5.41, 5.74) is 3.44. The van der Waals surface area contributed by atoms with Crippen LogP contribution in [0.3, 0.4) is 0 Å². The molecule has 0 saturated carbocycles. The molecule has 2 amide bonds. The Kier molecular flexibility index (Phi) is 4.67. The highest BCUT2D eigenvalue weighted by Gasteiger charge is 2.29. The standard InChI is InChI=1S/C22H19ClN4O3/c23-14-9-10-19-18(11-14)26(21(29)13-30-19)12-20(28)24-22-16-7-4-8-17(16)25-27(22)15-5-2-1-3-6-15/h1-3,5-6,9-11H,4,7-8,12-13H2,(H,24,28). The van der Waals surface area contributed by atoms with Crippen molar-refractivity contribution in [2.24, 2.45) is 0 Å². The van der Waals surface area contributed by atoms with Crippen LogP contribution in [0, 0.1) is 0 Å². The molecule has 1 aliphatic heterocycles. The van der Waals surface area contributed by atoms with Gasteiger partial charge in [0.05, 0.1) is 17.1 Å². The Balaban J connectivity index is 1.43. The van der Waals surface area contributed by atoms with E-state index in [0.29, 0.717) is 22.3 Å². The maximum atomic E-state index is 13.0. The van der Waals surface area contributed by atoms with Gasteiger partial charge in [-0.05, 0) is 49.6 Å². The first-order valence-corrected chi connectivity index (χ1v) is 10.2. The van der Waals surface area contributed by atoms with Crippen molar-refractivity contribution in [3.63, 3.8) is 0 Å². The molecule has 0 spiro atoms. The normalized spacial score (nSPS) is 14.8. The Morgan fingerprint density at radius 3 is 2.83 bits per heavy atom. The summed E-state index contributed by atoms with van der Waals surface area (Å²) in [7, 11) is 0. The van der Waals surface area contributed by atoms with Crippen molar-refractivity contribution in [3.05, 3.63) is 64.8 Å². The first-order valence-electron chi connectivity index (χ1n) is 9.79. The van der Waals surface area contributed by atoms with E-state index in [1.54, 1.807) is 22.9 Å². The number of ether oxygens (including phenoxy) is 1. The van der Waals surface area contributed by atoms with Crippen LogP contribution in [0.4, 0.5) is 11.5 Å². The smallest absolute Gasteiger partial charge is 0.265 e. The van der Waals surface area contributed by atoms with Gasteiger partial charge in [-0.3, -0.25) is 14.5 Å². The number of rotatable bonds is 4. The summed E-state index contributed by atoms with van der Waals surface area (Å²) in [5, 5.41) is 8.17. The lowest BCUT2D eigenvalue weighted by Crippen LogP contribution is -2.43. The van der Waals surface area contributed by atoms with Gasteiger partial charge in [0, 0.05) is 10.6 Å². The zero-order valence-electron chi connectivity index (χ0n) is 16.1. The van der Waals surface area contributed by atoms with E-state index in [0.717, 1.165) is 36.2 Å². The van der Waals surface area contributed by atoms with Gasteiger partial charge in [0.2, 0.25) is 5.91 Å². The predicted molar refractivity (Wildman–Crippen MR) is 114 cm³/mol. The number of nitrogens with one attached hydrogen (secondary N) is 1. The van der Waals surface area contributed by atoms with Crippen LogP contribution in [-0.2, 0) is 22.4 Å². The Morgan fingerprint density at radius 2 is 2.00 bits per heavy atom. The van der Waals surface area contributed by atoms with Crippen LogP contribution >= 0.6 is 11.6 Å². The third-order valence-electron chi connectivity index (χ3n) is 5.33. The zero-order chi connectivity index (χ0) is 20.7. The molecule has 0 radical (unpaired) electrons. The van der Waals surface area contributed by atoms with Crippen LogP contribution in [0.25, 0.3) is 5.69 Å². The lowest BCUT2D eigenvalue weighted by Gasteiger charge is -2.29. The molecule has 1 aromatic heterocycles. The number of aromatic nitrogens is 2. The summed E-state index contributed by atoms with van der Waals surface area (Å²) in [5.74, 6) is 0.609. The molecule has 2 aromatic carbocycles. The molecular formula is C22H19ClN4O3. The largest absolute Gasteiger partial charge is 0.482 e. The highest BCUT2D eigenvalue weighted by atomic mass is 35.5. The Hall–Kier alpha value is -3.32. The molecule has 5 rings (SSSR count). The van der Waals surface area contributed by atoms with Crippen molar-refractivity contribution in [1.82, 2.24) is 9.78 Å². The van der Waals surface area contributed by atoms with E-state index in [1.807, 2.05) is 30.3 Å². The number of nitrogens with zero attached hydrogens (tertiary/aromatic N) is 3. The van der Waals surface area contributed by atoms with Gasteiger partial charge in [-0.2, -0.15) is 5.10 Å². The van der Waals surface area contributed by atoms with Crippen LogP contribution in [0.2, 0.25) is 5.02 Å². The summed E-state index contributed by atoms with van der Waals surface area (Å²) in [4.78, 5) is 26.8. The van der Waals surface area contributed by atoms with Crippen molar-refractivity contribution in [2.75, 3.05) is 23.4 Å². The van der Waals surface area contributed by atoms with Crippen LogP contribution in [-0.4, -0.2) is 34.7 Å². The molecule has 7 nitrogen and oxygen atoms in total. The first-order chi connectivity index (χ1) is 14.6. The number of hydrogen-bond acceptors (Lipinski definition) is 4. The van der Waals surface area contributed by atoms with Crippen molar-refractivity contribution in [3.8, 4) is 11.4 Å². The minimum absolute atomic E-state index is 0.112. The minimum atomic E-state index is -0.303. The molecule has 0 saturated heterocycles. The minimum Gasteiger partial charge on any atom is -0.482 e. The van der Waals surface area contributed by atoms with E-state index < -0.39 is 0 Å². The molecule has 2 heterocycles. The number of carbonyl (C=O) groups is 2.